The van der Waals surface area contributed by atoms with Crippen molar-refractivity contribution in [1.82, 2.24) is 0 Å². The lowest BCUT2D eigenvalue weighted by Gasteiger charge is -2.16. The highest BCUT2D eigenvalue weighted by Gasteiger charge is 2.11. The average molecular weight is 539 g/mol. The summed E-state index contributed by atoms with van der Waals surface area (Å²) in [6.07, 6.45) is 0. The van der Waals surface area contributed by atoms with E-state index < -0.39 is 0 Å². The maximum Gasteiger partial charge on any atom is 0.139 e. The van der Waals surface area contributed by atoms with E-state index in [0.29, 0.717) is 13.2 Å². The molecule has 5 heteroatoms. The standard InChI is InChI=1S/C26H21Br2NO2/c27-21-15-20(26(25(28)16-21)30-18-19-7-3-1-4-8-19)17-29-22-11-13-24(14-12-22)31-23-9-5-2-6-10-23/h1-16,29H,17-18H2. The number of halogens is 2. The second-order valence-electron chi connectivity index (χ2n) is 6.94. The number of ether oxygens (including phenoxy) is 2. The summed E-state index contributed by atoms with van der Waals surface area (Å²) < 4.78 is 13.9. The Morgan fingerprint density at radius 1 is 0.710 bits per heavy atom. The van der Waals surface area contributed by atoms with Gasteiger partial charge in [0.05, 0.1) is 4.47 Å². The molecule has 0 aliphatic rings. The second-order valence-corrected chi connectivity index (χ2v) is 8.71. The predicted molar refractivity (Wildman–Crippen MR) is 133 cm³/mol. The lowest BCUT2D eigenvalue weighted by molar-refractivity contribution is 0.301. The van der Waals surface area contributed by atoms with Crippen molar-refractivity contribution in [3.05, 3.63) is 117 Å². The van der Waals surface area contributed by atoms with Gasteiger partial charge in [-0.2, -0.15) is 0 Å². The number of anilines is 1. The molecule has 1 N–H and O–H groups in total. The summed E-state index contributed by atoms with van der Waals surface area (Å²) in [6, 6.07) is 31.9. The first-order valence-electron chi connectivity index (χ1n) is 9.89. The van der Waals surface area contributed by atoms with E-state index in [1.165, 1.54) is 0 Å². The summed E-state index contributed by atoms with van der Waals surface area (Å²) in [5.74, 6) is 2.46. The van der Waals surface area contributed by atoms with Gasteiger partial charge in [-0.15, -0.1) is 0 Å². The van der Waals surface area contributed by atoms with Crippen LogP contribution in [0.3, 0.4) is 0 Å². The number of rotatable bonds is 8. The molecule has 156 valence electrons. The van der Waals surface area contributed by atoms with Crippen molar-refractivity contribution in [1.29, 1.82) is 0 Å². The van der Waals surface area contributed by atoms with Crippen molar-refractivity contribution in [3.8, 4) is 17.2 Å². The SMILES string of the molecule is Brc1cc(Br)c(OCc2ccccc2)c(CNc2ccc(Oc3ccccc3)cc2)c1. The van der Waals surface area contributed by atoms with Crippen LogP contribution < -0.4 is 14.8 Å². The van der Waals surface area contributed by atoms with E-state index in [2.05, 4.69) is 55.4 Å². The van der Waals surface area contributed by atoms with Gasteiger partial charge in [0.1, 0.15) is 23.9 Å². The monoisotopic (exact) mass is 537 g/mol. The quantitative estimate of drug-likeness (QED) is 0.245. The minimum Gasteiger partial charge on any atom is -0.487 e. The lowest BCUT2D eigenvalue weighted by Crippen LogP contribution is -2.04. The first kappa shape index (κ1) is 21.5. The number of benzene rings is 4. The molecule has 0 aliphatic heterocycles. The fraction of sp³-hybridized carbons (Fsp3) is 0.0769. The Hall–Kier alpha value is -2.76. The summed E-state index contributed by atoms with van der Waals surface area (Å²) in [5.41, 5.74) is 3.19. The van der Waals surface area contributed by atoms with Gasteiger partial charge in [-0.25, -0.2) is 0 Å². The van der Waals surface area contributed by atoms with Gasteiger partial charge >= 0.3 is 0 Å². The van der Waals surface area contributed by atoms with Crippen molar-refractivity contribution in [2.75, 3.05) is 5.32 Å². The minimum absolute atomic E-state index is 0.513. The van der Waals surface area contributed by atoms with Crippen LogP contribution in [-0.2, 0) is 13.2 Å². The molecule has 4 aromatic carbocycles. The van der Waals surface area contributed by atoms with E-state index in [-0.39, 0.29) is 0 Å². The summed E-state index contributed by atoms with van der Waals surface area (Å²) in [7, 11) is 0. The molecule has 0 saturated heterocycles. The van der Waals surface area contributed by atoms with E-state index in [9.17, 15) is 0 Å². The van der Waals surface area contributed by atoms with Crippen molar-refractivity contribution >= 4 is 37.5 Å². The Bertz CT molecular complexity index is 1120. The molecule has 0 aromatic heterocycles. The Morgan fingerprint density at radius 3 is 2.06 bits per heavy atom. The van der Waals surface area contributed by atoms with Crippen LogP contribution in [0.1, 0.15) is 11.1 Å². The summed E-state index contributed by atoms with van der Waals surface area (Å²) in [5, 5.41) is 3.47. The molecule has 0 radical (unpaired) electrons. The van der Waals surface area contributed by atoms with E-state index in [1.807, 2.05) is 78.9 Å². The number of para-hydroxylation sites is 1. The second kappa shape index (κ2) is 10.5. The molecule has 0 heterocycles. The number of hydrogen-bond donors (Lipinski definition) is 1. The molecule has 0 amide bonds. The number of hydrogen-bond acceptors (Lipinski definition) is 3. The van der Waals surface area contributed by atoms with Gasteiger partial charge in [0.2, 0.25) is 0 Å². The van der Waals surface area contributed by atoms with Gasteiger partial charge < -0.3 is 14.8 Å². The largest absolute Gasteiger partial charge is 0.487 e. The van der Waals surface area contributed by atoms with Crippen LogP contribution in [0, 0.1) is 0 Å². The Kier molecular flexibility index (Phi) is 7.28. The van der Waals surface area contributed by atoms with Crippen LogP contribution in [0.15, 0.2) is 106 Å². The molecule has 0 unspecified atom stereocenters. The van der Waals surface area contributed by atoms with Crippen LogP contribution in [0.5, 0.6) is 17.2 Å². The van der Waals surface area contributed by atoms with Gasteiger partial charge in [0, 0.05) is 22.3 Å². The van der Waals surface area contributed by atoms with Crippen LogP contribution in [0.4, 0.5) is 5.69 Å². The summed E-state index contributed by atoms with van der Waals surface area (Å²) in [6.45, 7) is 1.14. The molecule has 0 bridgehead atoms. The highest BCUT2D eigenvalue weighted by atomic mass is 79.9. The molecule has 31 heavy (non-hydrogen) atoms. The highest BCUT2D eigenvalue weighted by molar-refractivity contribution is 9.11. The summed E-state index contributed by atoms with van der Waals surface area (Å²) in [4.78, 5) is 0. The van der Waals surface area contributed by atoms with Gasteiger partial charge in [0.25, 0.3) is 0 Å². The van der Waals surface area contributed by atoms with E-state index in [0.717, 1.165) is 43.0 Å². The Morgan fingerprint density at radius 2 is 1.35 bits per heavy atom. The first-order chi connectivity index (χ1) is 15.2. The van der Waals surface area contributed by atoms with Gasteiger partial charge in [-0.1, -0.05) is 64.5 Å². The highest BCUT2D eigenvalue weighted by Crippen LogP contribution is 2.34. The zero-order valence-electron chi connectivity index (χ0n) is 16.7. The molecule has 0 fully saturated rings. The maximum atomic E-state index is 6.16. The van der Waals surface area contributed by atoms with Crippen molar-refractivity contribution in [2.24, 2.45) is 0 Å². The Labute approximate surface area is 199 Å². The topological polar surface area (TPSA) is 30.5 Å². The average Bonchev–Trinajstić information content (AvgIpc) is 2.79. The van der Waals surface area contributed by atoms with E-state index in [1.54, 1.807) is 0 Å². The Balaban J connectivity index is 1.42. The zero-order chi connectivity index (χ0) is 21.5. The minimum atomic E-state index is 0.513. The maximum absolute atomic E-state index is 6.16. The third-order valence-electron chi connectivity index (χ3n) is 4.63. The lowest BCUT2D eigenvalue weighted by atomic mass is 10.2. The fourth-order valence-corrected chi connectivity index (χ4v) is 4.53. The predicted octanol–water partition coefficient (Wildman–Crippen LogP) is 8.20. The molecule has 4 aromatic rings. The van der Waals surface area contributed by atoms with Crippen molar-refractivity contribution in [3.63, 3.8) is 0 Å². The molecule has 0 saturated carbocycles. The van der Waals surface area contributed by atoms with Crippen molar-refractivity contribution < 1.29 is 9.47 Å². The third kappa shape index (κ3) is 6.12. The molecular weight excluding hydrogens is 518 g/mol. The van der Waals surface area contributed by atoms with E-state index in [4.69, 9.17) is 9.47 Å². The molecule has 3 nitrogen and oxygen atoms in total. The van der Waals surface area contributed by atoms with Crippen LogP contribution in [0.25, 0.3) is 0 Å². The van der Waals surface area contributed by atoms with Crippen molar-refractivity contribution in [2.45, 2.75) is 13.2 Å². The van der Waals surface area contributed by atoms with Gasteiger partial charge in [-0.05, 0) is 70.0 Å². The first-order valence-corrected chi connectivity index (χ1v) is 11.5. The molecule has 0 aliphatic carbocycles. The summed E-state index contributed by atoms with van der Waals surface area (Å²) >= 11 is 7.22. The van der Waals surface area contributed by atoms with Gasteiger partial charge in [0.15, 0.2) is 0 Å². The normalized spacial score (nSPS) is 10.5. The molecular formula is C26H21Br2NO2. The van der Waals surface area contributed by atoms with Crippen LogP contribution in [0.2, 0.25) is 0 Å². The third-order valence-corrected chi connectivity index (χ3v) is 5.67. The molecule has 0 spiro atoms. The number of nitrogens with one attached hydrogen (secondary N) is 1. The smallest absolute Gasteiger partial charge is 0.139 e. The van der Waals surface area contributed by atoms with Crippen LogP contribution in [-0.4, -0.2) is 0 Å². The zero-order valence-corrected chi connectivity index (χ0v) is 19.9. The fourth-order valence-electron chi connectivity index (χ4n) is 3.10. The van der Waals surface area contributed by atoms with E-state index >= 15 is 0 Å². The van der Waals surface area contributed by atoms with Crippen LogP contribution >= 0.6 is 31.9 Å². The van der Waals surface area contributed by atoms with Gasteiger partial charge in [-0.3, -0.25) is 0 Å². The molecule has 4 rings (SSSR count). The molecule has 0 atom stereocenters.